The van der Waals surface area contributed by atoms with E-state index in [2.05, 4.69) is 5.32 Å². The Kier molecular flexibility index (Phi) is 3.44. The molecule has 2 N–H and O–H groups in total. The fourth-order valence-electron chi connectivity index (χ4n) is 1.53. The third kappa shape index (κ3) is 2.48. The molecule has 0 spiro atoms. The summed E-state index contributed by atoms with van der Waals surface area (Å²) in [6, 6.07) is 0.704. The molecule has 1 saturated carbocycles. The van der Waals surface area contributed by atoms with Gasteiger partial charge in [-0.3, -0.25) is 0 Å². The first-order valence-corrected chi connectivity index (χ1v) is 4.16. The second-order valence-electron chi connectivity index (χ2n) is 2.95. The summed E-state index contributed by atoms with van der Waals surface area (Å²) < 4.78 is 0. The summed E-state index contributed by atoms with van der Waals surface area (Å²) in [6.07, 6.45) is 8.21. The molecule has 0 radical (unpaired) electrons. The maximum Gasteiger partial charge on any atom is 0.0304 e. The van der Waals surface area contributed by atoms with Crippen molar-refractivity contribution >= 4 is 6.21 Å². The third-order valence-corrected chi connectivity index (χ3v) is 2.11. The van der Waals surface area contributed by atoms with Gasteiger partial charge in [-0.15, -0.1) is 0 Å². The Labute approximate surface area is 62.5 Å². The summed E-state index contributed by atoms with van der Waals surface area (Å²) in [5, 5.41) is 10.2. The highest BCUT2D eigenvalue weighted by Gasteiger charge is 2.10. The Morgan fingerprint density at radius 3 is 2.60 bits per heavy atom. The van der Waals surface area contributed by atoms with Crippen molar-refractivity contribution in [3.63, 3.8) is 0 Å². The van der Waals surface area contributed by atoms with Crippen LogP contribution in [0.2, 0.25) is 0 Å². The summed E-state index contributed by atoms with van der Waals surface area (Å²) in [4.78, 5) is 0. The minimum absolute atomic E-state index is 0.704. The average Bonchev–Trinajstić information content (AvgIpc) is 2.03. The summed E-state index contributed by atoms with van der Waals surface area (Å²) in [5.41, 5.74) is 0. The van der Waals surface area contributed by atoms with Crippen LogP contribution in [0, 0.1) is 5.41 Å². The van der Waals surface area contributed by atoms with E-state index in [4.69, 9.17) is 5.41 Å². The van der Waals surface area contributed by atoms with Crippen LogP contribution in [0.15, 0.2) is 0 Å². The van der Waals surface area contributed by atoms with Gasteiger partial charge in [-0.25, -0.2) is 0 Å². The van der Waals surface area contributed by atoms with Gasteiger partial charge in [-0.05, 0) is 12.8 Å². The minimum Gasteiger partial charge on any atom is -0.312 e. The molecule has 58 valence electrons. The number of hydrogen-bond acceptors (Lipinski definition) is 2. The Hall–Kier alpha value is -0.370. The highest BCUT2D eigenvalue weighted by molar-refractivity contribution is 5.55. The lowest BCUT2D eigenvalue weighted by molar-refractivity contribution is 0.388. The smallest absolute Gasteiger partial charge is 0.0304 e. The fourth-order valence-corrected chi connectivity index (χ4v) is 1.53. The summed E-state index contributed by atoms with van der Waals surface area (Å²) in [6.45, 7) is 0.755. The van der Waals surface area contributed by atoms with Crippen molar-refractivity contribution in [2.75, 3.05) is 6.54 Å². The van der Waals surface area contributed by atoms with Gasteiger partial charge in [0.15, 0.2) is 0 Å². The molecule has 1 aliphatic rings. The Morgan fingerprint density at radius 2 is 2.00 bits per heavy atom. The van der Waals surface area contributed by atoms with Crippen molar-refractivity contribution < 1.29 is 0 Å². The zero-order chi connectivity index (χ0) is 7.23. The van der Waals surface area contributed by atoms with E-state index in [-0.39, 0.29) is 0 Å². The van der Waals surface area contributed by atoms with E-state index < -0.39 is 0 Å². The normalized spacial score (nSPS) is 20.8. The van der Waals surface area contributed by atoms with Crippen LogP contribution in [0.25, 0.3) is 0 Å². The fraction of sp³-hybridized carbons (Fsp3) is 0.875. The molecule has 0 atom stereocenters. The molecule has 0 heterocycles. The van der Waals surface area contributed by atoms with Gasteiger partial charge in [0.25, 0.3) is 0 Å². The second kappa shape index (κ2) is 4.45. The maximum atomic E-state index is 6.83. The number of hydrogen-bond donors (Lipinski definition) is 2. The van der Waals surface area contributed by atoms with Crippen LogP contribution < -0.4 is 5.32 Å². The minimum atomic E-state index is 0.704. The van der Waals surface area contributed by atoms with Gasteiger partial charge in [0.1, 0.15) is 0 Å². The number of rotatable bonds is 3. The molecule has 1 rings (SSSR count). The molecular weight excluding hydrogens is 124 g/mol. The second-order valence-corrected chi connectivity index (χ2v) is 2.95. The molecule has 0 amide bonds. The van der Waals surface area contributed by atoms with Crippen LogP contribution in [0.4, 0.5) is 0 Å². The van der Waals surface area contributed by atoms with E-state index in [1.54, 1.807) is 0 Å². The molecule has 0 aromatic carbocycles. The van der Waals surface area contributed by atoms with Crippen LogP contribution in [-0.4, -0.2) is 18.8 Å². The predicted molar refractivity (Wildman–Crippen MR) is 43.7 cm³/mol. The zero-order valence-corrected chi connectivity index (χ0v) is 6.40. The lowest BCUT2D eigenvalue weighted by atomic mass is 9.96. The van der Waals surface area contributed by atoms with Gasteiger partial charge < -0.3 is 10.7 Å². The Bertz CT molecular complexity index is 95.4. The summed E-state index contributed by atoms with van der Waals surface area (Å²) in [5.74, 6) is 0. The van der Waals surface area contributed by atoms with Gasteiger partial charge in [0.2, 0.25) is 0 Å². The molecule has 1 aliphatic carbocycles. The molecule has 0 bridgehead atoms. The van der Waals surface area contributed by atoms with Crippen LogP contribution in [0.1, 0.15) is 32.1 Å². The van der Waals surface area contributed by atoms with Gasteiger partial charge in [0.05, 0.1) is 0 Å². The van der Waals surface area contributed by atoms with Crippen molar-refractivity contribution in [2.45, 2.75) is 38.1 Å². The highest BCUT2D eigenvalue weighted by Crippen LogP contribution is 2.16. The third-order valence-electron chi connectivity index (χ3n) is 2.11. The van der Waals surface area contributed by atoms with Crippen LogP contribution >= 0.6 is 0 Å². The van der Waals surface area contributed by atoms with Gasteiger partial charge in [-0.1, -0.05) is 19.3 Å². The quantitative estimate of drug-likeness (QED) is 0.573. The van der Waals surface area contributed by atoms with Crippen molar-refractivity contribution in [1.82, 2.24) is 5.32 Å². The first kappa shape index (κ1) is 7.73. The highest BCUT2D eigenvalue weighted by atomic mass is 14.9. The molecule has 1 fully saturated rings. The molecule has 10 heavy (non-hydrogen) atoms. The van der Waals surface area contributed by atoms with E-state index in [0.717, 1.165) is 6.54 Å². The van der Waals surface area contributed by atoms with Crippen LogP contribution in [0.3, 0.4) is 0 Å². The average molecular weight is 140 g/mol. The molecule has 0 saturated heterocycles. The van der Waals surface area contributed by atoms with Crippen molar-refractivity contribution in [3.05, 3.63) is 0 Å². The summed E-state index contributed by atoms with van der Waals surface area (Å²) >= 11 is 0. The monoisotopic (exact) mass is 140 g/mol. The standard InChI is InChI=1S/C8H16N2/c9-6-7-10-8-4-2-1-3-5-8/h6,8-10H,1-5,7H2. The van der Waals surface area contributed by atoms with Crippen LogP contribution in [-0.2, 0) is 0 Å². The predicted octanol–water partition coefficient (Wildman–Crippen LogP) is 1.56. The largest absolute Gasteiger partial charge is 0.312 e. The maximum absolute atomic E-state index is 6.83. The zero-order valence-electron chi connectivity index (χ0n) is 6.40. The molecule has 2 nitrogen and oxygen atoms in total. The molecular formula is C8H16N2. The SMILES string of the molecule is N=CCNC1CCCCC1. The van der Waals surface area contributed by atoms with E-state index in [0.29, 0.717) is 6.04 Å². The van der Waals surface area contributed by atoms with E-state index in [1.165, 1.54) is 38.3 Å². The first-order chi connectivity index (χ1) is 4.93. The number of nitrogens with one attached hydrogen (secondary N) is 2. The van der Waals surface area contributed by atoms with E-state index >= 15 is 0 Å². The van der Waals surface area contributed by atoms with Crippen molar-refractivity contribution in [2.24, 2.45) is 0 Å². The lowest BCUT2D eigenvalue weighted by Crippen LogP contribution is -2.32. The van der Waals surface area contributed by atoms with Gasteiger partial charge in [0, 0.05) is 18.8 Å². The van der Waals surface area contributed by atoms with E-state index in [1.807, 2.05) is 0 Å². The molecule has 0 aromatic rings. The van der Waals surface area contributed by atoms with Crippen molar-refractivity contribution in [3.8, 4) is 0 Å². The lowest BCUT2D eigenvalue weighted by Gasteiger charge is -2.21. The van der Waals surface area contributed by atoms with E-state index in [9.17, 15) is 0 Å². The van der Waals surface area contributed by atoms with Crippen molar-refractivity contribution in [1.29, 1.82) is 5.41 Å². The molecule has 0 aromatic heterocycles. The first-order valence-electron chi connectivity index (χ1n) is 4.16. The summed E-state index contributed by atoms with van der Waals surface area (Å²) in [7, 11) is 0. The topological polar surface area (TPSA) is 35.9 Å². The van der Waals surface area contributed by atoms with Gasteiger partial charge in [-0.2, -0.15) is 0 Å². The molecule has 0 aliphatic heterocycles. The Morgan fingerprint density at radius 1 is 1.30 bits per heavy atom. The van der Waals surface area contributed by atoms with Crippen LogP contribution in [0.5, 0.6) is 0 Å². The molecule has 2 heteroatoms. The Balaban J connectivity index is 2.07. The molecule has 0 unspecified atom stereocenters. The van der Waals surface area contributed by atoms with Gasteiger partial charge >= 0.3 is 0 Å².